The van der Waals surface area contributed by atoms with E-state index in [9.17, 15) is 4.79 Å². The molecule has 0 saturated carbocycles. The molecule has 110 valence electrons. The number of benzene rings is 2. The molecule has 4 heteroatoms. The summed E-state index contributed by atoms with van der Waals surface area (Å²) in [6.45, 7) is 4.32. The number of amides is 1. The molecule has 3 nitrogen and oxygen atoms in total. The molecule has 1 atom stereocenters. The van der Waals surface area contributed by atoms with E-state index in [0.717, 1.165) is 5.75 Å². The van der Waals surface area contributed by atoms with Gasteiger partial charge in [0.2, 0.25) is 0 Å². The zero-order chi connectivity index (χ0) is 15.2. The molecule has 0 aliphatic rings. The molecule has 2 rings (SSSR count). The smallest absolute Gasteiger partial charge is 0.253 e. The van der Waals surface area contributed by atoms with E-state index >= 15 is 0 Å². The molecular weight excluding hydrogens is 286 g/mol. The molecule has 2 aromatic rings. The maximum atomic E-state index is 12.1. The lowest BCUT2D eigenvalue weighted by Crippen LogP contribution is -2.36. The third kappa shape index (κ3) is 4.50. The maximum Gasteiger partial charge on any atom is 0.253 e. The Morgan fingerprint density at radius 1 is 1.19 bits per heavy atom. The van der Waals surface area contributed by atoms with Gasteiger partial charge in [-0.25, -0.2) is 0 Å². The molecular formula is C17H18ClNO2. The van der Waals surface area contributed by atoms with Crippen LogP contribution in [-0.4, -0.2) is 18.6 Å². The Morgan fingerprint density at radius 2 is 1.86 bits per heavy atom. The Labute approximate surface area is 129 Å². The largest absolute Gasteiger partial charge is 0.491 e. The van der Waals surface area contributed by atoms with Crippen molar-refractivity contribution in [3.8, 4) is 5.75 Å². The molecule has 0 aliphatic carbocycles. The Kier molecular flexibility index (Phi) is 5.23. The molecule has 0 bridgehead atoms. The third-order valence-corrected chi connectivity index (χ3v) is 3.35. The van der Waals surface area contributed by atoms with Crippen LogP contribution in [0.15, 0.2) is 48.5 Å². The fourth-order valence-electron chi connectivity index (χ4n) is 1.84. The van der Waals surface area contributed by atoms with E-state index in [-0.39, 0.29) is 11.9 Å². The number of aryl methyl sites for hydroxylation is 1. The van der Waals surface area contributed by atoms with Gasteiger partial charge in [-0.1, -0.05) is 41.4 Å². The van der Waals surface area contributed by atoms with Crippen LogP contribution in [0.25, 0.3) is 0 Å². The molecule has 0 aromatic heterocycles. The van der Waals surface area contributed by atoms with Crippen LogP contribution in [0, 0.1) is 6.92 Å². The third-order valence-electron chi connectivity index (χ3n) is 3.02. The second kappa shape index (κ2) is 7.14. The van der Waals surface area contributed by atoms with Gasteiger partial charge in [0.15, 0.2) is 0 Å². The van der Waals surface area contributed by atoms with E-state index in [1.807, 2.05) is 38.1 Å². The number of hydrogen-bond acceptors (Lipinski definition) is 2. The van der Waals surface area contributed by atoms with Gasteiger partial charge in [-0.3, -0.25) is 4.79 Å². The zero-order valence-corrected chi connectivity index (χ0v) is 12.9. The van der Waals surface area contributed by atoms with Crippen molar-refractivity contribution in [2.75, 3.05) is 6.61 Å². The van der Waals surface area contributed by atoms with Gasteiger partial charge in [-0.2, -0.15) is 0 Å². The van der Waals surface area contributed by atoms with Crippen LogP contribution in [0.2, 0.25) is 5.02 Å². The molecule has 0 spiro atoms. The van der Waals surface area contributed by atoms with Gasteiger partial charge in [0.1, 0.15) is 12.4 Å². The van der Waals surface area contributed by atoms with Crippen molar-refractivity contribution in [3.05, 3.63) is 64.7 Å². The summed E-state index contributed by atoms with van der Waals surface area (Å²) in [5, 5.41) is 3.32. The molecule has 0 radical (unpaired) electrons. The number of halogens is 1. The van der Waals surface area contributed by atoms with E-state index in [1.54, 1.807) is 24.3 Å². The lowest BCUT2D eigenvalue weighted by Gasteiger charge is -2.15. The van der Waals surface area contributed by atoms with Crippen LogP contribution in [0.4, 0.5) is 0 Å². The minimum atomic E-state index is -0.194. The van der Waals surface area contributed by atoms with Crippen molar-refractivity contribution in [2.24, 2.45) is 0 Å². The van der Waals surface area contributed by atoms with Gasteiger partial charge in [0.25, 0.3) is 5.91 Å². The Balaban J connectivity index is 1.87. The molecule has 1 N–H and O–H groups in total. The second-order valence-electron chi connectivity index (χ2n) is 4.98. The summed E-state index contributed by atoms with van der Waals surface area (Å²) in [6, 6.07) is 14.7. The molecule has 2 aromatic carbocycles. The monoisotopic (exact) mass is 303 g/mol. The highest BCUT2D eigenvalue weighted by molar-refractivity contribution is 6.33. The minimum Gasteiger partial charge on any atom is -0.491 e. The molecule has 1 amide bonds. The van der Waals surface area contributed by atoms with Crippen LogP contribution in [0.5, 0.6) is 5.75 Å². The highest BCUT2D eigenvalue weighted by atomic mass is 35.5. The van der Waals surface area contributed by atoms with Crippen molar-refractivity contribution in [3.63, 3.8) is 0 Å². The average Bonchev–Trinajstić information content (AvgIpc) is 2.47. The standard InChI is InChI=1S/C17H18ClNO2/c1-12-7-9-14(10-8-12)21-11-13(2)19-17(20)15-5-3-4-6-16(15)18/h3-10,13H,11H2,1-2H3,(H,19,20). The molecule has 0 heterocycles. The highest BCUT2D eigenvalue weighted by Gasteiger charge is 2.12. The predicted octanol–water partition coefficient (Wildman–Crippen LogP) is 3.85. The summed E-state index contributed by atoms with van der Waals surface area (Å²) in [6.07, 6.45) is 0. The lowest BCUT2D eigenvalue weighted by atomic mass is 10.2. The first-order valence-electron chi connectivity index (χ1n) is 6.81. The number of carbonyl (C=O) groups is 1. The van der Waals surface area contributed by atoms with Crippen LogP contribution in [0.3, 0.4) is 0 Å². The number of nitrogens with one attached hydrogen (secondary N) is 1. The normalized spacial score (nSPS) is 11.8. The van der Waals surface area contributed by atoms with Gasteiger partial charge < -0.3 is 10.1 Å². The van der Waals surface area contributed by atoms with Crippen LogP contribution < -0.4 is 10.1 Å². The van der Waals surface area contributed by atoms with E-state index in [0.29, 0.717) is 17.2 Å². The topological polar surface area (TPSA) is 38.3 Å². The number of rotatable bonds is 5. The van der Waals surface area contributed by atoms with Crippen LogP contribution >= 0.6 is 11.6 Å². The summed E-state index contributed by atoms with van der Waals surface area (Å²) < 4.78 is 5.64. The van der Waals surface area contributed by atoms with E-state index in [2.05, 4.69) is 5.32 Å². The molecule has 0 fully saturated rings. The van der Waals surface area contributed by atoms with Gasteiger partial charge in [0, 0.05) is 0 Å². The first-order valence-corrected chi connectivity index (χ1v) is 7.19. The SMILES string of the molecule is Cc1ccc(OCC(C)NC(=O)c2ccccc2Cl)cc1. The summed E-state index contributed by atoms with van der Waals surface area (Å²) in [5.41, 5.74) is 1.66. The number of ether oxygens (including phenoxy) is 1. The van der Waals surface area contributed by atoms with Crippen molar-refractivity contribution < 1.29 is 9.53 Å². The summed E-state index contributed by atoms with van der Waals surface area (Å²) >= 11 is 6.00. The first-order chi connectivity index (χ1) is 10.1. The minimum absolute atomic E-state index is 0.116. The number of carbonyl (C=O) groups excluding carboxylic acids is 1. The summed E-state index contributed by atoms with van der Waals surface area (Å²) in [7, 11) is 0. The lowest BCUT2D eigenvalue weighted by molar-refractivity contribution is 0.0927. The van der Waals surface area contributed by atoms with Crippen molar-refractivity contribution >= 4 is 17.5 Å². The second-order valence-corrected chi connectivity index (χ2v) is 5.39. The summed E-state index contributed by atoms with van der Waals surface area (Å²) in [5.74, 6) is 0.597. The van der Waals surface area contributed by atoms with Crippen molar-refractivity contribution in [2.45, 2.75) is 19.9 Å². The highest BCUT2D eigenvalue weighted by Crippen LogP contribution is 2.15. The predicted molar refractivity (Wildman–Crippen MR) is 85.1 cm³/mol. The molecule has 21 heavy (non-hydrogen) atoms. The van der Waals surface area contributed by atoms with Gasteiger partial charge in [-0.05, 0) is 38.1 Å². The Bertz CT molecular complexity index is 610. The van der Waals surface area contributed by atoms with E-state index in [1.165, 1.54) is 5.56 Å². The van der Waals surface area contributed by atoms with Crippen LogP contribution in [-0.2, 0) is 0 Å². The fourth-order valence-corrected chi connectivity index (χ4v) is 2.07. The quantitative estimate of drug-likeness (QED) is 0.911. The molecule has 1 unspecified atom stereocenters. The average molecular weight is 304 g/mol. The molecule has 0 aliphatic heterocycles. The number of hydrogen-bond donors (Lipinski definition) is 1. The van der Waals surface area contributed by atoms with E-state index < -0.39 is 0 Å². The Morgan fingerprint density at radius 3 is 2.52 bits per heavy atom. The first kappa shape index (κ1) is 15.4. The fraction of sp³-hybridized carbons (Fsp3) is 0.235. The van der Waals surface area contributed by atoms with Crippen LogP contribution in [0.1, 0.15) is 22.8 Å². The van der Waals surface area contributed by atoms with Gasteiger partial charge >= 0.3 is 0 Å². The van der Waals surface area contributed by atoms with Crippen molar-refractivity contribution in [1.29, 1.82) is 0 Å². The van der Waals surface area contributed by atoms with Crippen molar-refractivity contribution in [1.82, 2.24) is 5.32 Å². The Hall–Kier alpha value is -2.00. The molecule has 0 saturated heterocycles. The van der Waals surface area contributed by atoms with Gasteiger partial charge in [0.05, 0.1) is 16.6 Å². The zero-order valence-electron chi connectivity index (χ0n) is 12.1. The summed E-state index contributed by atoms with van der Waals surface area (Å²) in [4.78, 5) is 12.1. The van der Waals surface area contributed by atoms with Gasteiger partial charge in [-0.15, -0.1) is 0 Å². The maximum absolute atomic E-state index is 12.1. The van der Waals surface area contributed by atoms with E-state index in [4.69, 9.17) is 16.3 Å².